The van der Waals surface area contributed by atoms with Gasteiger partial charge in [0.15, 0.2) is 5.84 Å². The van der Waals surface area contributed by atoms with E-state index in [0.29, 0.717) is 12.1 Å². The maximum absolute atomic E-state index is 11.9. The van der Waals surface area contributed by atoms with Crippen LogP contribution in [0.1, 0.15) is 24.0 Å². The SMILES string of the molecule is CN(Cc1ccc(/C(=N/C(N)=N/O)NO)cc1)C(=O)C1CC1. The first-order chi connectivity index (χ1) is 10.5. The fraction of sp³-hybridized carbons (Fsp3) is 0.357. The molecule has 22 heavy (non-hydrogen) atoms. The molecule has 8 heteroatoms. The van der Waals surface area contributed by atoms with Crippen LogP contribution < -0.4 is 11.2 Å². The fourth-order valence-corrected chi connectivity index (χ4v) is 2.05. The van der Waals surface area contributed by atoms with Crippen LogP contribution in [-0.4, -0.2) is 40.1 Å². The number of aliphatic imine (C=N–C) groups is 1. The number of hydrogen-bond donors (Lipinski definition) is 4. The lowest BCUT2D eigenvalue weighted by molar-refractivity contribution is -0.131. The molecule has 0 aliphatic heterocycles. The zero-order chi connectivity index (χ0) is 16.1. The number of nitrogens with two attached hydrogens (primary N) is 1. The molecule has 118 valence electrons. The van der Waals surface area contributed by atoms with Crippen LogP contribution in [0, 0.1) is 5.92 Å². The van der Waals surface area contributed by atoms with Gasteiger partial charge in [0.1, 0.15) is 0 Å². The van der Waals surface area contributed by atoms with Gasteiger partial charge < -0.3 is 15.8 Å². The highest BCUT2D eigenvalue weighted by Crippen LogP contribution is 2.30. The van der Waals surface area contributed by atoms with Crippen LogP contribution in [0.4, 0.5) is 0 Å². The second-order valence-electron chi connectivity index (χ2n) is 5.20. The molecule has 8 nitrogen and oxygen atoms in total. The van der Waals surface area contributed by atoms with Crippen LogP contribution in [0.3, 0.4) is 0 Å². The predicted molar refractivity (Wildman–Crippen MR) is 80.5 cm³/mol. The van der Waals surface area contributed by atoms with Crippen molar-refractivity contribution in [3.8, 4) is 0 Å². The molecule has 0 aromatic heterocycles. The molecule has 1 aliphatic rings. The van der Waals surface area contributed by atoms with E-state index in [1.165, 1.54) is 0 Å². The van der Waals surface area contributed by atoms with Crippen LogP contribution in [0.5, 0.6) is 0 Å². The van der Waals surface area contributed by atoms with Gasteiger partial charge in [-0.25, -0.2) is 0 Å². The zero-order valence-electron chi connectivity index (χ0n) is 12.2. The van der Waals surface area contributed by atoms with Crippen molar-refractivity contribution in [3.63, 3.8) is 0 Å². The normalized spacial score (nSPS) is 15.5. The summed E-state index contributed by atoms with van der Waals surface area (Å²) < 4.78 is 0. The lowest BCUT2D eigenvalue weighted by Gasteiger charge is -2.17. The lowest BCUT2D eigenvalue weighted by atomic mass is 10.1. The third kappa shape index (κ3) is 3.95. The molecule has 1 saturated carbocycles. The van der Waals surface area contributed by atoms with Crippen molar-refractivity contribution in [2.24, 2.45) is 21.8 Å². The molecule has 1 fully saturated rings. The van der Waals surface area contributed by atoms with Crippen molar-refractivity contribution in [1.29, 1.82) is 0 Å². The minimum absolute atomic E-state index is 0.0595. The molecule has 0 unspecified atom stereocenters. The Kier molecular flexibility index (Phi) is 4.95. The zero-order valence-corrected chi connectivity index (χ0v) is 12.2. The van der Waals surface area contributed by atoms with Gasteiger partial charge in [-0.15, -0.1) is 0 Å². The van der Waals surface area contributed by atoms with Gasteiger partial charge in [-0.05, 0) is 23.6 Å². The van der Waals surface area contributed by atoms with Crippen LogP contribution >= 0.6 is 0 Å². The van der Waals surface area contributed by atoms with Crippen LogP contribution in [0.25, 0.3) is 0 Å². The molecule has 0 saturated heterocycles. The highest BCUT2D eigenvalue weighted by atomic mass is 16.5. The number of amides is 1. The van der Waals surface area contributed by atoms with Gasteiger partial charge in [0.2, 0.25) is 5.91 Å². The molecule has 5 N–H and O–H groups in total. The predicted octanol–water partition coefficient (Wildman–Crippen LogP) is 0.484. The Morgan fingerprint density at radius 3 is 2.55 bits per heavy atom. The molecule has 0 bridgehead atoms. The van der Waals surface area contributed by atoms with E-state index in [4.69, 9.17) is 16.1 Å². The van der Waals surface area contributed by atoms with Crippen molar-refractivity contribution in [3.05, 3.63) is 35.4 Å². The summed E-state index contributed by atoms with van der Waals surface area (Å²) in [5, 5.41) is 20.2. The summed E-state index contributed by atoms with van der Waals surface area (Å²) in [4.78, 5) is 17.3. The number of amidine groups is 1. The van der Waals surface area contributed by atoms with Crippen molar-refractivity contribution < 1.29 is 15.2 Å². The van der Waals surface area contributed by atoms with Crippen molar-refractivity contribution >= 4 is 17.7 Å². The molecule has 1 amide bonds. The summed E-state index contributed by atoms with van der Waals surface area (Å²) in [6, 6.07) is 7.09. The topological polar surface area (TPSA) is 124 Å². The van der Waals surface area contributed by atoms with E-state index in [1.807, 2.05) is 17.6 Å². The Bertz CT molecular complexity index is 593. The summed E-state index contributed by atoms with van der Waals surface area (Å²) in [7, 11) is 1.79. The van der Waals surface area contributed by atoms with Gasteiger partial charge in [0, 0.05) is 25.1 Å². The number of oxime groups is 1. The van der Waals surface area contributed by atoms with E-state index in [2.05, 4.69) is 10.1 Å². The largest absolute Gasteiger partial charge is 0.408 e. The quantitative estimate of drug-likeness (QED) is 0.279. The van der Waals surface area contributed by atoms with Crippen molar-refractivity contribution in [1.82, 2.24) is 10.4 Å². The first-order valence-corrected chi connectivity index (χ1v) is 6.85. The van der Waals surface area contributed by atoms with Crippen LogP contribution in [0.15, 0.2) is 34.4 Å². The Balaban J connectivity index is 2.05. The lowest BCUT2D eigenvalue weighted by Crippen LogP contribution is -2.27. The van der Waals surface area contributed by atoms with E-state index >= 15 is 0 Å². The molecular weight excluding hydrogens is 286 g/mol. The van der Waals surface area contributed by atoms with Crippen LogP contribution in [-0.2, 0) is 11.3 Å². The molecular formula is C14H19N5O3. The molecule has 1 aliphatic carbocycles. The molecule has 0 radical (unpaired) electrons. The van der Waals surface area contributed by atoms with Gasteiger partial charge >= 0.3 is 0 Å². The Morgan fingerprint density at radius 1 is 1.41 bits per heavy atom. The van der Waals surface area contributed by atoms with Gasteiger partial charge in [-0.2, -0.15) is 4.99 Å². The number of rotatable bonds is 4. The summed E-state index contributed by atoms with van der Waals surface area (Å²) in [5.74, 6) is 0.0530. The number of carbonyl (C=O) groups excluding carboxylic acids is 1. The monoisotopic (exact) mass is 305 g/mol. The number of hydroxylamine groups is 1. The molecule has 0 spiro atoms. The van der Waals surface area contributed by atoms with Crippen molar-refractivity contribution in [2.75, 3.05) is 7.05 Å². The minimum Gasteiger partial charge on any atom is -0.408 e. The fourth-order valence-electron chi connectivity index (χ4n) is 2.05. The maximum atomic E-state index is 11.9. The van der Waals surface area contributed by atoms with Gasteiger partial charge in [-0.1, -0.05) is 24.3 Å². The Hall–Kier alpha value is -2.61. The summed E-state index contributed by atoms with van der Waals surface area (Å²) in [5.41, 5.74) is 8.69. The number of hydrogen-bond acceptors (Lipinski definition) is 4. The molecule has 0 atom stereocenters. The molecule has 1 aromatic carbocycles. The molecule has 0 heterocycles. The second-order valence-corrected chi connectivity index (χ2v) is 5.20. The smallest absolute Gasteiger partial charge is 0.258 e. The third-order valence-electron chi connectivity index (χ3n) is 3.38. The highest BCUT2D eigenvalue weighted by molar-refractivity contribution is 6.04. The minimum atomic E-state index is -0.379. The van der Waals surface area contributed by atoms with E-state index in [1.54, 1.807) is 24.1 Å². The first kappa shape index (κ1) is 15.8. The number of nitrogens with one attached hydrogen (secondary N) is 1. The Morgan fingerprint density at radius 2 is 2.05 bits per heavy atom. The van der Waals surface area contributed by atoms with E-state index < -0.39 is 0 Å². The summed E-state index contributed by atoms with van der Waals surface area (Å²) >= 11 is 0. The standard InChI is InChI=1S/C14H19N5O3/c1-19(13(20)11-6-7-11)8-9-2-4-10(5-3-9)12(17-21)16-14(15)18-22/h2-5,11,21-22H,6-8H2,1H3,(H3,15,16,17,18). The van der Waals surface area contributed by atoms with E-state index in [9.17, 15) is 4.79 Å². The summed E-state index contributed by atoms with van der Waals surface area (Å²) in [6.07, 6.45) is 1.97. The number of benzene rings is 1. The summed E-state index contributed by atoms with van der Waals surface area (Å²) in [6.45, 7) is 0.523. The number of guanidine groups is 1. The first-order valence-electron chi connectivity index (χ1n) is 6.85. The Labute approximate surface area is 127 Å². The van der Waals surface area contributed by atoms with Crippen LogP contribution in [0.2, 0.25) is 0 Å². The highest BCUT2D eigenvalue weighted by Gasteiger charge is 2.31. The van der Waals surface area contributed by atoms with E-state index in [-0.39, 0.29) is 23.6 Å². The third-order valence-corrected chi connectivity index (χ3v) is 3.38. The number of nitrogens with zero attached hydrogens (tertiary/aromatic N) is 3. The van der Waals surface area contributed by atoms with Gasteiger partial charge in [0.05, 0.1) is 0 Å². The van der Waals surface area contributed by atoms with Gasteiger partial charge in [0.25, 0.3) is 5.96 Å². The maximum Gasteiger partial charge on any atom is 0.258 e. The van der Waals surface area contributed by atoms with Gasteiger partial charge in [-0.3, -0.25) is 15.5 Å². The van der Waals surface area contributed by atoms with Crippen molar-refractivity contribution in [2.45, 2.75) is 19.4 Å². The average Bonchev–Trinajstić information content (AvgIpc) is 3.37. The molecule has 1 aromatic rings. The van der Waals surface area contributed by atoms with E-state index in [0.717, 1.165) is 18.4 Å². The molecule has 2 rings (SSSR count). The number of carbonyl (C=O) groups is 1. The second kappa shape index (κ2) is 6.90. The average molecular weight is 305 g/mol.